The Morgan fingerprint density at radius 2 is 1.78 bits per heavy atom. The van der Waals surface area contributed by atoms with Gasteiger partial charge in [-0.05, 0) is 57.1 Å². The summed E-state index contributed by atoms with van der Waals surface area (Å²) >= 11 is 12.9. The number of fused-ring (bicyclic) bond motifs is 1. The van der Waals surface area contributed by atoms with Crippen molar-refractivity contribution >= 4 is 57.9 Å². The van der Waals surface area contributed by atoms with Crippen LogP contribution in [0.4, 0.5) is 17.6 Å². The van der Waals surface area contributed by atoms with E-state index in [4.69, 9.17) is 38.9 Å². The Morgan fingerprint density at radius 1 is 1.06 bits per heavy atom. The van der Waals surface area contributed by atoms with E-state index in [0.717, 1.165) is 38.5 Å². The predicted octanol–water partition coefficient (Wildman–Crippen LogP) is 5.20. The molecule has 2 saturated carbocycles. The minimum Gasteiger partial charge on any atom is -0.393 e. The molecule has 36 heavy (non-hydrogen) atoms. The van der Waals surface area contributed by atoms with E-state index >= 15 is 0 Å². The van der Waals surface area contributed by atoms with Crippen LogP contribution in [0.15, 0.2) is 24.4 Å². The zero-order chi connectivity index (χ0) is 25.2. The number of nitrogens with one attached hydrogen (secondary N) is 2. The molecule has 2 aliphatic rings. The van der Waals surface area contributed by atoms with Crippen LogP contribution in [0.1, 0.15) is 63.8 Å². The molecule has 0 radical (unpaired) electrons. The van der Waals surface area contributed by atoms with Gasteiger partial charge in [0.05, 0.1) is 28.0 Å². The van der Waals surface area contributed by atoms with Crippen molar-refractivity contribution in [2.75, 3.05) is 10.6 Å². The molecule has 11 heteroatoms. The van der Waals surface area contributed by atoms with Gasteiger partial charge in [0, 0.05) is 18.0 Å². The van der Waals surface area contributed by atoms with Gasteiger partial charge >= 0.3 is 0 Å². The second-order valence-electron chi connectivity index (χ2n) is 9.85. The fourth-order valence-corrected chi connectivity index (χ4v) is 5.88. The molecular formula is C25H31Cl2N7O2. The number of carbonyl (C=O) groups is 1. The second-order valence-corrected chi connectivity index (χ2v) is 10.7. The number of aliphatic hydroxyl groups is 1. The van der Waals surface area contributed by atoms with Crippen LogP contribution in [0.5, 0.6) is 0 Å². The summed E-state index contributed by atoms with van der Waals surface area (Å²) in [5.41, 5.74) is 7.47. The summed E-state index contributed by atoms with van der Waals surface area (Å²) in [6.45, 7) is 0. The fourth-order valence-electron chi connectivity index (χ4n) is 5.39. The minimum atomic E-state index is -0.309. The summed E-state index contributed by atoms with van der Waals surface area (Å²) in [4.78, 5) is 25.9. The maximum atomic E-state index is 11.7. The van der Waals surface area contributed by atoms with Gasteiger partial charge in [-0.3, -0.25) is 9.36 Å². The van der Waals surface area contributed by atoms with Gasteiger partial charge in [0.1, 0.15) is 5.52 Å². The molecule has 5 rings (SSSR count). The first-order chi connectivity index (χ1) is 17.4. The van der Waals surface area contributed by atoms with Crippen molar-refractivity contribution in [2.45, 2.75) is 76.0 Å². The van der Waals surface area contributed by atoms with Gasteiger partial charge in [-0.15, -0.1) is 0 Å². The van der Waals surface area contributed by atoms with E-state index in [2.05, 4.69) is 20.2 Å². The third-order valence-corrected chi connectivity index (χ3v) is 7.96. The SMILES string of the molecule is NC(=O)C1CCC(n2c(Nc3c(Cl)cccc3Cl)nc3cnc(N[C@@H]4CCCC[C@@H](O)C4)nc32)CC1. The highest BCUT2D eigenvalue weighted by Crippen LogP contribution is 2.39. The molecule has 5 N–H and O–H groups in total. The van der Waals surface area contributed by atoms with Gasteiger partial charge < -0.3 is 21.5 Å². The molecule has 0 spiro atoms. The van der Waals surface area contributed by atoms with E-state index in [0.29, 0.717) is 58.1 Å². The Morgan fingerprint density at radius 3 is 2.50 bits per heavy atom. The normalized spacial score (nSPS) is 24.9. The van der Waals surface area contributed by atoms with Gasteiger partial charge in [0.25, 0.3) is 0 Å². The maximum Gasteiger partial charge on any atom is 0.224 e. The third-order valence-electron chi connectivity index (χ3n) is 7.33. The molecule has 2 aliphatic carbocycles. The van der Waals surface area contributed by atoms with Crippen LogP contribution in [-0.4, -0.2) is 42.7 Å². The van der Waals surface area contributed by atoms with Crippen molar-refractivity contribution in [3.63, 3.8) is 0 Å². The summed E-state index contributed by atoms with van der Waals surface area (Å²) in [5, 5.41) is 17.9. The largest absolute Gasteiger partial charge is 0.393 e. The molecule has 0 aliphatic heterocycles. The first-order valence-electron chi connectivity index (χ1n) is 12.6. The molecule has 0 saturated heterocycles. The zero-order valence-electron chi connectivity index (χ0n) is 20.0. The van der Waals surface area contributed by atoms with Crippen molar-refractivity contribution in [1.29, 1.82) is 0 Å². The zero-order valence-corrected chi connectivity index (χ0v) is 21.5. The highest BCUT2D eigenvalue weighted by atomic mass is 35.5. The number of nitrogens with two attached hydrogens (primary N) is 1. The smallest absolute Gasteiger partial charge is 0.224 e. The Bertz CT molecular complexity index is 1220. The second kappa shape index (κ2) is 10.8. The first kappa shape index (κ1) is 25.0. The molecule has 1 amide bonds. The number of imidazole rings is 1. The molecule has 192 valence electrons. The van der Waals surface area contributed by atoms with Crippen LogP contribution in [-0.2, 0) is 4.79 Å². The molecule has 0 bridgehead atoms. The summed E-state index contributed by atoms with van der Waals surface area (Å²) in [6, 6.07) is 5.50. The number of hydrogen-bond donors (Lipinski definition) is 4. The average Bonchev–Trinajstić information content (AvgIpc) is 3.08. The van der Waals surface area contributed by atoms with Crippen LogP contribution in [0.3, 0.4) is 0 Å². The standard InChI is InChI=1S/C25H31Cl2N7O2/c26-18-6-3-7-19(27)21(18)32-25-31-20-13-29-24(30-15-4-1-2-5-17(35)12-15)33-23(20)34(25)16-10-8-14(9-11-16)22(28)36/h3,6-7,13-17,35H,1-2,4-5,8-12H2,(H2,28,36)(H,31,32)(H,29,30,33)/t14?,15-,16?,17-/m1/s1. The summed E-state index contributed by atoms with van der Waals surface area (Å²) < 4.78 is 2.07. The molecular weight excluding hydrogens is 501 g/mol. The van der Waals surface area contributed by atoms with Gasteiger partial charge in [0.2, 0.25) is 17.8 Å². The van der Waals surface area contributed by atoms with Crippen LogP contribution < -0.4 is 16.4 Å². The third kappa shape index (κ3) is 5.38. The van der Waals surface area contributed by atoms with Gasteiger partial charge in [-0.2, -0.15) is 4.98 Å². The molecule has 2 fully saturated rings. The van der Waals surface area contributed by atoms with E-state index in [1.807, 2.05) is 0 Å². The van der Waals surface area contributed by atoms with E-state index in [-0.39, 0.29) is 30.0 Å². The summed E-state index contributed by atoms with van der Waals surface area (Å²) in [5.74, 6) is 0.721. The number of nitrogens with zero attached hydrogens (tertiary/aromatic N) is 4. The highest BCUT2D eigenvalue weighted by molar-refractivity contribution is 6.39. The Balaban J connectivity index is 1.50. The topological polar surface area (TPSA) is 131 Å². The van der Waals surface area contributed by atoms with Crippen molar-refractivity contribution in [1.82, 2.24) is 19.5 Å². The Hall–Kier alpha value is -2.62. The lowest BCUT2D eigenvalue weighted by molar-refractivity contribution is -0.122. The monoisotopic (exact) mass is 531 g/mol. The summed E-state index contributed by atoms with van der Waals surface area (Å²) in [7, 11) is 0. The fraction of sp³-hybridized carbons (Fsp3) is 0.520. The lowest BCUT2D eigenvalue weighted by Crippen LogP contribution is -2.29. The van der Waals surface area contributed by atoms with Gasteiger partial charge in [-0.1, -0.05) is 42.1 Å². The number of aliphatic hydroxyl groups excluding tert-OH is 1. The van der Waals surface area contributed by atoms with Crippen molar-refractivity contribution in [3.05, 3.63) is 34.4 Å². The predicted molar refractivity (Wildman–Crippen MR) is 142 cm³/mol. The maximum absolute atomic E-state index is 11.7. The van der Waals surface area contributed by atoms with Crippen molar-refractivity contribution in [2.24, 2.45) is 11.7 Å². The molecule has 2 atom stereocenters. The van der Waals surface area contributed by atoms with Crippen LogP contribution >= 0.6 is 23.2 Å². The quantitative estimate of drug-likeness (QED) is 0.321. The number of rotatable bonds is 6. The lowest BCUT2D eigenvalue weighted by Gasteiger charge is -2.29. The van der Waals surface area contributed by atoms with Gasteiger partial charge in [-0.25, -0.2) is 9.97 Å². The van der Waals surface area contributed by atoms with Crippen LogP contribution in [0, 0.1) is 5.92 Å². The van der Waals surface area contributed by atoms with E-state index in [1.54, 1.807) is 24.4 Å². The minimum absolute atomic E-state index is 0.0665. The molecule has 2 heterocycles. The van der Waals surface area contributed by atoms with E-state index in [1.165, 1.54) is 0 Å². The number of hydrogen-bond acceptors (Lipinski definition) is 7. The molecule has 1 aromatic carbocycles. The van der Waals surface area contributed by atoms with Crippen LogP contribution in [0.2, 0.25) is 10.0 Å². The molecule has 3 aromatic rings. The number of para-hydroxylation sites is 1. The number of anilines is 3. The number of amides is 1. The first-order valence-corrected chi connectivity index (χ1v) is 13.3. The molecule has 0 unspecified atom stereocenters. The molecule has 2 aromatic heterocycles. The number of primary amides is 1. The van der Waals surface area contributed by atoms with Crippen molar-refractivity contribution in [3.8, 4) is 0 Å². The Labute approximate surface area is 219 Å². The van der Waals surface area contributed by atoms with E-state index < -0.39 is 0 Å². The van der Waals surface area contributed by atoms with Gasteiger partial charge in [0.15, 0.2) is 5.65 Å². The average molecular weight is 532 g/mol. The number of carbonyl (C=O) groups excluding carboxylic acids is 1. The molecule has 9 nitrogen and oxygen atoms in total. The Kier molecular flexibility index (Phi) is 7.50. The number of aromatic nitrogens is 4. The van der Waals surface area contributed by atoms with Crippen molar-refractivity contribution < 1.29 is 9.90 Å². The lowest BCUT2D eigenvalue weighted by atomic mass is 9.85. The number of benzene rings is 1. The van der Waals surface area contributed by atoms with E-state index in [9.17, 15) is 9.90 Å². The summed E-state index contributed by atoms with van der Waals surface area (Å²) in [6.07, 6.45) is 8.92. The van der Waals surface area contributed by atoms with Crippen LogP contribution in [0.25, 0.3) is 11.2 Å². The highest BCUT2D eigenvalue weighted by Gasteiger charge is 2.29. The number of halogens is 2.